The second kappa shape index (κ2) is 27.3. The quantitative estimate of drug-likeness (QED) is 0.115. The molecule has 0 saturated heterocycles. The number of allylic oxidation sites excluding steroid dienone is 2. The Morgan fingerprint density at radius 3 is 1.71 bits per heavy atom. The van der Waals surface area contributed by atoms with E-state index in [1.165, 1.54) is 77.0 Å². The molecule has 0 aliphatic carbocycles. The zero-order chi connectivity index (χ0) is 20.6. The van der Waals surface area contributed by atoms with Crippen LogP contribution in [0, 0.1) is 0 Å². The summed E-state index contributed by atoms with van der Waals surface area (Å²) in [4.78, 5) is 10.0. The van der Waals surface area contributed by atoms with Crippen LogP contribution in [0.25, 0.3) is 0 Å². The largest absolute Gasteiger partial charge is 1.00 e. The molecule has 2 N–H and O–H groups in total. The summed E-state index contributed by atoms with van der Waals surface area (Å²) in [6.07, 6.45) is 24.2. The van der Waals surface area contributed by atoms with Gasteiger partial charge in [0.15, 0.2) is 0 Å². The maximum absolute atomic E-state index is 10.0. The summed E-state index contributed by atoms with van der Waals surface area (Å²) in [5.41, 5.74) is 0. The standard InChI is InChI=1S/C18H33O.C3H9NO3S.Na/c1-2-3-4-5-6-7-8-9-10-11-12-13-14-15-16-17-18-19;1-4-2-3-8(5,6)7;/h9-10H,2-8,11-17H2,1H3;4H,2-3H2,1H3,(H,5,6,7);/q-1;;+1/b10-9-;;. The van der Waals surface area contributed by atoms with E-state index in [2.05, 4.69) is 24.4 Å². The summed E-state index contributed by atoms with van der Waals surface area (Å²) in [6, 6.07) is 0. The second-order valence-corrected chi connectivity index (χ2v) is 8.44. The Balaban J connectivity index is -0.000000587. The van der Waals surface area contributed by atoms with Gasteiger partial charge in [-0.05, 0) is 32.7 Å². The summed E-state index contributed by atoms with van der Waals surface area (Å²) in [5.74, 6) is -0.219. The second-order valence-electron chi connectivity index (χ2n) is 6.87. The first-order valence-corrected chi connectivity index (χ1v) is 12.2. The molecule has 0 aromatic heterocycles. The number of carbonyl (C=O) groups excluding carboxylic acids is 1. The molecule has 0 aliphatic heterocycles. The zero-order valence-corrected chi connectivity index (χ0v) is 21.4. The van der Waals surface area contributed by atoms with Crippen LogP contribution in [-0.4, -0.2) is 38.6 Å². The van der Waals surface area contributed by atoms with Gasteiger partial charge in [0.05, 0.1) is 5.75 Å². The van der Waals surface area contributed by atoms with Crippen LogP contribution in [0.4, 0.5) is 0 Å². The molecule has 0 bridgehead atoms. The topological polar surface area (TPSA) is 83.5 Å². The van der Waals surface area contributed by atoms with Gasteiger partial charge >= 0.3 is 29.6 Å². The molecule has 0 aromatic rings. The van der Waals surface area contributed by atoms with Crippen molar-refractivity contribution in [3.63, 3.8) is 0 Å². The summed E-state index contributed by atoms with van der Waals surface area (Å²) < 4.78 is 27.9. The van der Waals surface area contributed by atoms with E-state index < -0.39 is 10.1 Å². The van der Waals surface area contributed by atoms with Gasteiger partial charge in [-0.2, -0.15) is 14.8 Å². The predicted molar refractivity (Wildman–Crippen MR) is 115 cm³/mol. The average molecular weight is 428 g/mol. The van der Waals surface area contributed by atoms with Crippen LogP contribution in [-0.2, 0) is 14.9 Å². The van der Waals surface area contributed by atoms with E-state index in [0.29, 0.717) is 13.0 Å². The van der Waals surface area contributed by atoms with Crippen LogP contribution < -0.4 is 34.9 Å². The van der Waals surface area contributed by atoms with Gasteiger partial charge in [-0.1, -0.05) is 76.9 Å². The van der Waals surface area contributed by atoms with Gasteiger partial charge in [-0.15, -0.1) is 0 Å². The van der Waals surface area contributed by atoms with Crippen molar-refractivity contribution in [2.75, 3.05) is 19.3 Å². The Morgan fingerprint density at radius 2 is 1.32 bits per heavy atom. The van der Waals surface area contributed by atoms with Gasteiger partial charge in [0.25, 0.3) is 10.1 Å². The predicted octanol–water partition coefficient (Wildman–Crippen LogP) is 2.23. The molecule has 0 atom stereocenters. The fourth-order valence-corrected chi connectivity index (χ4v) is 2.96. The molecular weight excluding hydrogens is 385 g/mol. The Labute approximate surface area is 196 Å². The van der Waals surface area contributed by atoms with Gasteiger partial charge in [0.2, 0.25) is 0 Å². The Morgan fingerprint density at radius 1 is 0.857 bits per heavy atom. The van der Waals surface area contributed by atoms with Crippen molar-refractivity contribution in [3.05, 3.63) is 12.2 Å². The summed E-state index contributed by atoms with van der Waals surface area (Å²) >= 11 is 0. The molecule has 28 heavy (non-hydrogen) atoms. The van der Waals surface area contributed by atoms with Gasteiger partial charge < -0.3 is 10.1 Å². The minimum atomic E-state index is -3.75. The van der Waals surface area contributed by atoms with Gasteiger partial charge in [0, 0.05) is 6.54 Å². The smallest absolute Gasteiger partial charge is 0.542 e. The number of unbranched alkanes of at least 4 members (excludes halogenated alkanes) is 12. The van der Waals surface area contributed by atoms with Crippen LogP contribution in [0.3, 0.4) is 0 Å². The van der Waals surface area contributed by atoms with Gasteiger partial charge in [-0.25, -0.2) is 0 Å². The van der Waals surface area contributed by atoms with E-state index in [0.717, 1.165) is 6.42 Å². The van der Waals surface area contributed by atoms with E-state index in [1.807, 2.05) is 6.29 Å². The molecule has 162 valence electrons. The average Bonchev–Trinajstić information content (AvgIpc) is 2.63. The first-order valence-electron chi connectivity index (χ1n) is 10.6. The summed E-state index contributed by atoms with van der Waals surface area (Å²) in [6.45, 7) is 2.56. The minimum Gasteiger partial charge on any atom is -0.542 e. The number of hydrogen-bond acceptors (Lipinski definition) is 4. The molecule has 0 radical (unpaired) electrons. The third-order valence-electron chi connectivity index (χ3n) is 4.15. The van der Waals surface area contributed by atoms with E-state index >= 15 is 0 Å². The van der Waals surface area contributed by atoms with Crippen molar-refractivity contribution in [1.82, 2.24) is 5.32 Å². The van der Waals surface area contributed by atoms with E-state index in [1.54, 1.807) is 7.05 Å². The fraction of sp³-hybridized carbons (Fsp3) is 0.857. The van der Waals surface area contributed by atoms with Crippen molar-refractivity contribution in [2.24, 2.45) is 0 Å². The molecule has 0 rings (SSSR count). The molecule has 0 spiro atoms. The van der Waals surface area contributed by atoms with Gasteiger partial charge in [0.1, 0.15) is 0 Å². The Bertz CT molecular complexity index is 428. The Kier molecular flexibility index (Phi) is 32.1. The first kappa shape index (κ1) is 32.9. The first-order chi connectivity index (χ1) is 13.0. The van der Waals surface area contributed by atoms with Crippen LogP contribution >= 0.6 is 0 Å². The fourth-order valence-electron chi connectivity index (χ4n) is 2.50. The zero-order valence-electron chi connectivity index (χ0n) is 18.5. The van der Waals surface area contributed by atoms with Gasteiger partial charge in [-0.3, -0.25) is 10.8 Å². The van der Waals surface area contributed by atoms with Crippen LogP contribution in [0.15, 0.2) is 12.2 Å². The Hall–Kier alpha value is 0.280. The molecule has 0 fully saturated rings. The third-order valence-corrected chi connectivity index (χ3v) is 4.87. The van der Waals surface area contributed by atoms with E-state index in [9.17, 15) is 13.2 Å². The third kappa shape index (κ3) is 37.1. The van der Waals surface area contributed by atoms with E-state index in [-0.39, 0.29) is 35.3 Å². The van der Waals surface area contributed by atoms with Crippen molar-refractivity contribution in [3.8, 4) is 0 Å². The molecule has 0 aliphatic rings. The molecule has 0 aromatic carbocycles. The van der Waals surface area contributed by atoms with Crippen molar-refractivity contribution >= 4 is 16.4 Å². The maximum atomic E-state index is 10.0. The molecule has 0 amide bonds. The van der Waals surface area contributed by atoms with Crippen LogP contribution in [0.5, 0.6) is 0 Å². The van der Waals surface area contributed by atoms with Crippen molar-refractivity contribution in [1.29, 1.82) is 0 Å². The number of rotatable bonds is 18. The normalized spacial score (nSPS) is 11.0. The van der Waals surface area contributed by atoms with E-state index in [4.69, 9.17) is 4.55 Å². The molecule has 5 nitrogen and oxygen atoms in total. The maximum Gasteiger partial charge on any atom is 1.00 e. The molecule has 0 saturated carbocycles. The molecule has 7 heteroatoms. The van der Waals surface area contributed by atoms with Crippen molar-refractivity contribution in [2.45, 2.75) is 96.8 Å². The summed E-state index contributed by atoms with van der Waals surface area (Å²) in [7, 11) is -2.13. The SMILES string of the molecule is CCCCCCCC/C=C\CCCCCCC[C-]=O.CNCCS(=O)(=O)O.[Na+]. The molecule has 0 heterocycles. The monoisotopic (exact) mass is 427 g/mol. The van der Waals surface area contributed by atoms with Crippen LogP contribution in [0.2, 0.25) is 0 Å². The number of hydrogen-bond donors (Lipinski definition) is 2. The summed E-state index contributed by atoms with van der Waals surface area (Å²) in [5, 5.41) is 2.59. The van der Waals surface area contributed by atoms with Crippen molar-refractivity contribution < 1.29 is 47.3 Å². The number of nitrogens with one attached hydrogen (secondary N) is 1. The minimum absolute atomic E-state index is 0. The molecule has 0 unspecified atom stereocenters. The van der Waals surface area contributed by atoms with Crippen LogP contribution in [0.1, 0.15) is 96.8 Å². The molecular formula is C21H42NNaO4S.